The molecule has 18 heavy (non-hydrogen) atoms. The Morgan fingerprint density at radius 1 is 1.44 bits per heavy atom. The summed E-state index contributed by atoms with van der Waals surface area (Å²) >= 11 is 0. The van der Waals surface area contributed by atoms with Gasteiger partial charge in [0.1, 0.15) is 13.2 Å². The van der Waals surface area contributed by atoms with Crippen LogP contribution in [0, 0.1) is 0 Å². The minimum Gasteiger partial charge on any atom is -0.489 e. The molecule has 0 atom stereocenters. The predicted molar refractivity (Wildman–Crippen MR) is 58.8 cm³/mol. The van der Waals surface area contributed by atoms with Gasteiger partial charge in [0, 0.05) is 6.54 Å². The number of rotatable bonds is 2. The average Bonchev–Trinajstić information content (AvgIpc) is 2.34. The van der Waals surface area contributed by atoms with E-state index in [9.17, 15) is 18.0 Å². The third-order valence-electron chi connectivity index (χ3n) is 2.37. The lowest BCUT2D eigenvalue weighted by molar-refractivity contribution is -0.123. The smallest absolute Gasteiger partial charge is 0.405 e. The van der Waals surface area contributed by atoms with Gasteiger partial charge >= 0.3 is 6.18 Å². The first-order valence-corrected chi connectivity index (χ1v) is 5.32. The Labute approximate surface area is 101 Å². The van der Waals surface area contributed by atoms with Gasteiger partial charge in [-0.1, -0.05) is 6.07 Å². The number of hydrogen-bond donors (Lipinski definition) is 2. The molecule has 1 aliphatic heterocycles. The molecule has 0 unspecified atom stereocenters. The van der Waals surface area contributed by atoms with Gasteiger partial charge in [-0.05, 0) is 12.1 Å². The van der Waals surface area contributed by atoms with E-state index in [0.29, 0.717) is 24.6 Å². The highest BCUT2D eigenvalue weighted by Crippen LogP contribution is 2.31. The van der Waals surface area contributed by atoms with Crippen molar-refractivity contribution in [2.45, 2.75) is 6.18 Å². The highest BCUT2D eigenvalue weighted by molar-refractivity contribution is 5.99. The number of carbonyl (C=O) groups is 1. The maximum Gasteiger partial charge on any atom is 0.405 e. The van der Waals surface area contributed by atoms with E-state index in [1.807, 2.05) is 5.32 Å². The number of anilines is 1. The van der Waals surface area contributed by atoms with Crippen LogP contribution in [0.3, 0.4) is 0 Å². The first kappa shape index (κ1) is 12.5. The van der Waals surface area contributed by atoms with Crippen molar-refractivity contribution in [3.8, 4) is 5.75 Å². The number of fused-ring (bicyclic) bond motifs is 1. The molecule has 1 aliphatic rings. The van der Waals surface area contributed by atoms with Crippen LogP contribution in [0.4, 0.5) is 18.9 Å². The normalized spacial score (nSPS) is 14.2. The average molecular weight is 260 g/mol. The molecule has 7 heteroatoms. The maximum atomic E-state index is 12.0. The lowest BCUT2D eigenvalue weighted by Crippen LogP contribution is -2.34. The predicted octanol–water partition coefficient (Wildman–Crippen LogP) is 1.78. The number of hydrogen-bond acceptors (Lipinski definition) is 3. The molecule has 4 nitrogen and oxygen atoms in total. The van der Waals surface area contributed by atoms with Crippen molar-refractivity contribution in [3.63, 3.8) is 0 Å². The molecule has 0 radical (unpaired) electrons. The Balaban J connectivity index is 2.15. The first-order chi connectivity index (χ1) is 8.47. The van der Waals surface area contributed by atoms with Crippen LogP contribution in [0.2, 0.25) is 0 Å². The first-order valence-electron chi connectivity index (χ1n) is 5.32. The van der Waals surface area contributed by atoms with Crippen LogP contribution < -0.4 is 15.4 Å². The fraction of sp³-hybridized carbons (Fsp3) is 0.364. The Bertz CT molecular complexity index is 460. The third-order valence-corrected chi connectivity index (χ3v) is 2.37. The van der Waals surface area contributed by atoms with E-state index in [1.54, 1.807) is 12.1 Å². The van der Waals surface area contributed by atoms with Gasteiger partial charge in [-0.3, -0.25) is 4.79 Å². The largest absolute Gasteiger partial charge is 0.489 e. The summed E-state index contributed by atoms with van der Waals surface area (Å²) in [5, 5.41) is 4.82. The highest BCUT2D eigenvalue weighted by atomic mass is 19.4. The van der Waals surface area contributed by atoms with Gasteiger partial charge in [0.2, 0.25) is 0 Å². The highest BCUT2D eigenvalue weighted by Gasteiger charge is 2.29. The second kappa shape index (κ2) is 4.75. The molecule has 98 valence electrons. The summed E-state index contributed by atoms with van der Waals surface area (Å²) in [5.74, 6) is -0.503. The van der Waals surface area contributed by atoms with Gasteiger partial charge < -0.3 is 15.4 Å². The molecule has 2 N–H and O–H groups in total. The standard InChI is InChI=1S/C11H11F3N2O2/c12-11(13,14)6-16-10(17)7-2-1-3-8-9(7)18-5-4-15-8/h1-3,15H,4-6H2,(H,16,17). The van der Waals surface area contributed by atoms with Crippen molar-refractivity contribution in [2.75, 3.05) is 25.0 Å². The lowest BCUT2D eigenvalue weighted by atomic mass is 10.1. The third kappa shape index (κ3) is 2.85. The number of alkyl halides is 3. The molecule has 1 amide bonds. The van der Waals surface area contributed by atoms with Crippen LogP contribution >= 0.6 is 0 Å². The number of ether oxygens (including phenoxy) is 1. The van der Waals surface area contributed by atoms with E-state index >= 15 is 0 Å². The van der Waals surface area contributed by atoms with Crippen LogP contribution in [-0.2, 0) is 0 Å². The van der Waals surface area contributed by atoms with E-state index < -0.39 is 18.6 Å². The maximum absolute atomic E-state index is 12.0. The zero-order chi connectivity index (χ0) is 13.2. The van der Waals surface area contributed by atoms with Crippen LogP contribution in [0.5, 0.6) is 5.75 Å². The topological polar surface area (TPSA) is 50.4 Å². The van der Waals surface area contributed by atoms with Gasteiger partial charge in [-0.2, -0.15) is 13.2 Å². The van der Waals surface area contributed by atoms with Crippen molar-refractivity contribution in [2.24, 2.45) is 0 Å². The van der Waals surface area contributed by atoms with Crippen molar-refractivity contribution in [1.82, 2.24) is 5.32 Å². The summed E-state index contributed by atoms with van der Waals surface area (Å²) in [6, 6.07) is 4.72. The molecule has 0 aliphatic carbocycles. The van der Waals surface area contributed by atoms with E-state index in [-0.39, 0.29) is 5.56 Å². The Morgan fingerprint density at radius 2 is 2.22 bits per heavy atom. The molecule has 1 aromatic carbocycles. The zero-order valence-electron chi connectivity index (χ0n) is 9.30. The molecule has 0 aromatic heterocycles. The van der Waals surface area contributed by atoms with E-state index in [1.165, 1.54) is 6.07 Å². The fourth-order valence-corrected chi connectivity index (χ4v) is 1.63. The molecule has 0 saturated carbocycles. The quantitative estimate of drug-likeness (QED) is 0.852. The molecule has 0 spiro atoms. The lowest BCUT2D eigenvalue weighted by Gasteiger charge is -2.21. The summed E-state index contributed by atoms with van der Waals surface area (Å²) in [4.78, 5) is 11.6. The van der Waals surface area contributed by atoms with Crippen LogP contribution in [0.25, 0.3) is 0 Å². The number of carbonyl (C=O) groups excluding carboxylic acids is 1. The SMILES string of the molecule is O=C(NCC(F)(F)F)c1cccc2c1OCCN2. The monoisotopic (exact) mass is 260 g/mol. The number of nitrogens with one attached hydrogen (secondary N) is 2. The van der Waals surface area contributed by atoms with Crippen LogP contribution in [0.15, 0.2) is 18.2 Å². The molecule has 0 bridgehead atoms. The molecule has 0 fully saturated rings. The van der Waals surface area contributed by atoms with E-state index in [0.717, 1.165) is 0 Å². The van der Waals surface area contributed by atoms with Gasteiger partial charge in [0.25, 0.3) is 5.91 Å². The molecule has 0 saturated heterocycles. The van der Waals surface area contributed by atoms with Gasteiger partial charge in [-0.25, -0.2) is 0 Å². The second-order valence-electron chi connectivity index (χ2n) is 3.76. The Morgan fingerprint density at radius 3 is 2.94 bits per heavy atom. The minimum atomic E-state index is -4.43. The molecule has 2 rings (SSSR count). The second-order valence-corrected chi connectivity index (χ2v) is 3.76. The van der Waals surface area contributed by atoms with Crippen LogP contribution in [0.1, 0.15) is 10.4 Å². The number of benzene rings is 1. The van der Waals surface area contributed by atoms with Gasteiger partial charge in [0.15, 0.2) is 5.75 Å². The molecular weight excluding hydrogens is 249 g/mol. The van der Waals surface area contributed by atoms with Crippen molar-refractivity contribution in [3.05, 3.63) is 23.8 Å². The van der Waals surface area contributed by atoms with E-state index in [4.69, 9.17) is 4.74 Å². The van der Waals surface area contributed by atoms with Gasteiger partial charge in [-0.15, -0.1) is 0 Å². The Kier molecular flexibility index (Phi) is 3.31. The minimum absolute atomic E-state index is 0.101. The van der Waals surface area contributed by atoms with Gasteiger partial charge in [0.05, 0.1) is 11.3 Å². The Hall–Kier alpha value is -1.92. The summed E-state index contributed by atoms with van der Waals surface area (Å²) in [7, 11) is 0. The van der Waals surface area contributed by atoms with Crippen molar-refractivity contribution < 1.29 is 22.7 Å². The number of amides is 1. The van der Waals surface area contributed by atoms with Crippen molar-refractivity contribution >= 4 is 11.6 Å². The molecule has 1 aromatic rings. The summed E-state index contributed by atoms with van der Waals surface area (Å²) in [6.07, 6.45) is -4.43. The van der Waals surface area contributed by atoms with Crippen molar-refractivity contribution in [1.29, 1.82) is 0 Å². The summed E-state index contributed by atoms with van der Waals surface area (Å²) in [5.41, 5.74) is 0.713. The fourth-order valence-electron chi connectivity index (χ4n) is 1.63. The molecule has 1 heterocycles. The summed E-state index contributed by atoms with van der Waals surface area (Å²) in [6.45, 7) is -0.389. The van der Waals surface area contributed by atoms with Crippen LogP contribution in [-0.4, -0.2) is 31.8 Å². The number of halogens is 3. The number of para-hydroxylation sites is 1. The summed E-state index contributed by atoms with van der Waals surface area (Å²) < 4.78 is 41.3. The molecular formula is C11H11F3N2O2. The van der Waals surface area contributed by atoms with E-state index in [2.05, 4.69) is 5.32 Å². The zero-order valence-corrected chi connectivity index (χ0v) is 9.30.